The molecular formula is C17H16BrN5O2S. The fraction of sp³-hybridized carbons (Fsp3) is 0.176. The monoisotopic (exact) mass is 433 g/mol. The third kappa shape index (κ3) is 4.61. The van der Waals surface area contributed by atoms with Crippen LogP contribution in [0.4, 0.5) is 0 Å². The molecule has 0 bridgehead atoms. The number of aromatic hydroxyl groups is 1. The van der Waals surface area contributed by atoms with Crippen molar-refractivity contribution in [1.82, 2.24) is 25.1 Å². The zero-order valence-electron chi connectivity index (χ0n) is 13.9. The van der Waals surface area contributed by atoms with Crippen LogP contribution >= 0.6 is 27.7 Å². The van der Waals surface area contributed by atoms with Crippen LogP contribution in [0.3, 0.4) is 0 Å². The maximum Gasteiger partial charge on any atom is 0.233 e. The van der Waals surface area contributed by atoms with Crippen molar-refractivity contribution >= 4 is 33.6 Å². The number of amides is 1. The van der Waals surface area contributed by atoms with Crippen LogP contribution in [0.5, 0.6) is 5.75 Å². The van der Waals surface area contributed by atoms with Crippen LogP contribution in [0.25, 0.3) is 5.69 Å². The highest BCUT2D eigenvalue weighted by atomic mass is 79.9. The van der Waals surface area contributed by atoms with Crippen molar-refractivity contribution in [2.24, 2.45) is 0 Å². The van der Waals surface area contributed by atoms with Gasteiger partial charge in [-0.15, -0.1) is 5.10 Å². The number of nitrogens with zero attached hydrogens (tertiary/aromatic N) is 5. The molecule has 7 nitrogen and oxygen atoms in total. The zero-order chi connectivity index (χ0) is 18.5. The number of carbonyl (C=O) groups is 1. The van der Waals surface area contributed by atoms with E-state index in [9.17, 15) is 9.90 Å². The minimum atomic E-state index is -0.0156. The number of aromatic nitrogens is 4. The maximum atomic E-state index is 12.4. The molecule has 3 aromatic rings. The average Bonchev–Trinajstić information content (AvgIpc) is 3.10. The molecule has 1 amide bonds. The van der Waals surface area contributed by atoms with Gasteiger partial charge in [-0.2, -0.15) is 4.68 Å². The molecule has 0 saturated carbocycles. The highest BCUT2D eigenvalue weighted by molar-refractivity contribution is 9.10. The van der Waals surface area contributed by atoms with Crippen LogP contribution < -0.4 is 0 Å². The fourth-order valence-corrected chi connectivity index (χ4v) is 3.31. The lowest BCUT2D eigenvalue weighted by molar-refractivity contribution is -0.127. The molecule has 1 aromatic heterocycles. The van der Waals surface area contributed by atoms with Gasteiger partial charge in [-0.25, -0.2) is 0 Å². The van der Waals surface area contributed by atoms with Crippen molar-refractivity contribution in [2.45, 2.75) is 11.7 Å². The van der Waals surface area contributed by atoms with Gasteiger partial charge in [0.1, 0.15) is 5.75 Å². The first-order valence-corrected chi connectivity index (χ1v) is 9.50. The lowest BCUT2D eigenvalue weighted by Crippen LogP contribution is -2.27. The van der Waals surface area contributed by atoms with Gasteiger partial charge >= 0.3 is 0 Å². The van der Waals surface area contributed by atoms with Crippen LogP contribution in [0.15, 0.2) is 58.2 Å². The van der Waals surface area contributed by atoms with Gasteiger partial charge in [-0.05, 0) is 52.4 Å². The summed E-state index contributed by atoms with van der Waals surface area (Å²) in [5.74, 6) is 0.379. The van der Waals surface area contributed by atoms with Crippen molar-refractivity contribution in [3.05, 3.63) is 58.6 Å². The number of thioether (sulfide) groups is 1. The number of benzene rings is 2. The number of carbonyl (C=O) groups excluding carboxylic acids is 1. The maximum absolute atomic E-state index is 12.4. The van der Waals surface area contributed by atoms with E-state index < -0.39 is 0 Å². The summed E-state index contributed by atoms with van der Waals surface area (Å²) in [5.41, 5.74) is 1.77. The Morgan fingerprint density at radius 3 is 2.58 bits per heavy atom. The van der Waals surface area contributed by atoms with Crippen LogP contribution in [0.2, 0.25) is 0 Å². The van der Waals surface area contributed by atoms with Crippen molar-refractivity contribution in [3.8, 4) is 11.4 Å². The molecule has 0 aliphatic rings. The summed E-state index contributed by atoms with van der Waals surface area (Å²) in [6.45, 7) is 0.537. The smallest absolute Gasteiger partial charge is 0.233 e. The van der Waals surface area contributed by atoms with Crippen molar-refractivity contribution in [2.75, 3.05) is 12.8 Å². The number of phenols is 1. The Morgan fingerprint density at radius 1 is 1.19 bits per heavy atom. The van der Waals surface area contributed by atoms with E-state index in [4.69, 9.17) is 0 Å². The minimum absolute atomic E-state index is 0.0156. The normalized spacial score (nSPS) is 10.7. The van der Waals surface area contributed by atoms with Crippen molar-refractivity contribution in [3.63, 3.8) is 0 Å². The number of halogens is 1. The Morgan fingerprint density at radius 2 is 1.88 bits per heavy atom. The highest BCUT2D eigenvalue weighted by Crippen LogP contribution is 2.20. The van der Waals surface area contributed by atoms with E-state index in [0.29, 0.717) is 17.4 Å². The minimum Gasteiger partial charge on any atom is -0.508 e. The molecular weight excluding hydrogens is 418 g/mol. The molecule has 3 rings (SSSR count). The van der Waals surface area contributed by atoms with Crippen LogP contribution in [0, 0.1) is 0 Å². The molecule has 0 fully saturated rings. The second-order valence-corrected chi connectivity index (χ2v) is 7.41. The molecule has 0 saturated heterocycles. The lowest BCUT2D eigenvalue weighted by Gasteiger charge is -2.17. The lowest BCUT2D eigenvalue weighted by atomic mass is 10.2. The summed E-state index contributed by atoms with van der Waals surface area (Å²) in [6.07, 6.45) is 0. The largest absolute Gasteiger partial charge is 0.508 e. The summed E-state index contributed by atoms with van der Waals surface area (Å²) in [4.78, 5) is 14.1. The zero-order valence-corrected chi connectivity index (χ0v) is 16.3. The summed E-state index contributed by atoms with van der Waals surface area (Å²) < 4.78 is 2.54. The number of phenolic OH excluding ortho intramolecular Hbond substituents is 1. The molecule has 0 unspecified atom stereocenters. The van der Waals surface area contributed by atoms with Gasteiger partial charge in [0, 0.05) is 18.1 Å². The summed E-state index contributed by atoms with van der Waals surface area (Å²) in [6, 6.07) is 14.4. The summed E-state index contributed by atoms with van der Waals surface area (Å²) in [7, 11) is 1.77. The van der Waals surface area contributed by atoms with Crippen LogP contribution in [0.1, 0.15) is 5.56 Å². The summed E-state index contributed by atoms with van der Waals surface area (Å²) >= 11 is 4.67. The number of hydrogen-bond donors (Lipinski definition) is 1. The molecule has 2 aromatic carbocycles. The first-order chi connectivity index (χ1) is 12.5. The molecule has 26 heavy (non-hydrogen) atoms. The second-order valence-electron chi connectivity index (χ2n) is 5.55. The van der Waals surface area contributed by atoms with Gasteiger partial charge in [-0.1, -0.05) is 39.8 Å². The second kappa shape index (κ2) is 8.33. The molecule has 1 heterocycles. The van der Waals surface area contributed by atoms with E-state index in [2.05, 4.69) is 31.5 Å². The van der Waals surface area contributed by atoms with E-state index in [1.165, 1.54) is 16.4 Å². The Hall–Kier alpha value is -2.39. The first-order valence-electron chi connectivity index (χ1n) is 7.72. The Labute approximate surface area is 163 Å². The van der Waals surface area contributed by atoms with E-state index in [-0.39, 0.29) is 17.4 Å². The third-order valence-corrected chi connectivity index (χ3v) is 5.05. The van der Waals surface area contributed by atoms with Gasteiger partial charge in [0.15, 0.2) is 0 Å². The fourth-order valence-electron chi connectivity index (χ4n) is 2.21. The van der Waals surface area contributed by atoms with E-state index in [1.54, 1.807) is 36.2 Å². The highest BCUT2D eigenvalue weighted by Gasteiger charge is 2.14. The van der Waals surface area contributed by atoms with Crippen molar-refractivity contribution < 1.29 is 9.90 Å². The summed E-state index contributed by atoms with van der Waals surface area (Å²) in [5, 5.41) is 21.5. The van der Waals surface area contributed by atoms with E-state index >= 15 is 0 Å². The van der Waals surface area contributed by atoms with Crippen LogP contribution in [-0.2, 0) is 11.3 Å². The Bertz CT molecular complexity index is 883. The molecule has 0 atom stereocenters. The third-order valence-electron chi connectivity index (χ3n) is 3.62. The molecule has 9 heteroatoms. The Kier molecular flexibility index (Phi) is 5.89. The van der Waals surface area contributed by atoms with Crippen molar-refractivity contribution in [1.29, 1.82) is 0 Å². The van der Waals surface area contributed by atoms with E-state index in [0.717, 1.165) is 10.0 Å². The SMILES string of the molecule is CN(Cc1ccc(Br)cc1)C(=O)CSc1nnnn1-c1ccc(O)cc1. The first kappa shape index (κ1) is 18.4. The molecule has 0 spiro atoms. The number of rotatable bonds is 6. The van der Waals surface area contributed by atoms with Gasteiger partial charge < -0.3 is 10.0 Å². The molecule has 0 aliphatic heterocycles. The molecule has 134 valence electrons. The van der Waals surface area contributed by atoms with Gasteiger partial charge in [0.05, 0.1) is 11.4 Å². The molecule has 0 radical (unpaired) electrons. The van der Waals surface area contributed by atoms with E-state index in [1.807, 2.05) is 24.3 Å². The molecule has 1 N–H and O–H groups in total. The predicted octanol–water partition coefficient (Wildman–Crippen LogP) is 2.88. The van der Waals surface area contributed by atoms with Gasteiger partial charge in [-0.3, -0.25) is 4.79 Å². The molecule has 0 aliphatic carbocycles. The quantitative estimate of drug-likeness (QED) is 0.601. The van der Waals surface area contributed by atoms with Crippen LogP contribution in [-0.4, -0.2) is 48.9 Å². The van der Waals surface area contributed by atoms with Gasteiger partial charge in [0.2, 0.25) is 11.1 Å². The average molecular weight is 434 g/mol. The predicted molar refractivity (Wildman–Crippen MR) is 102 cm³/mol. The number of tetrazole rings is 1. The number of hydrogen-bond acceptors (Lipinski definition) is 6. The Balaban J connectivity index is 1.60. The van der Waals surface area contributed by atoms with Gasteiger partial charge in [0.25, 0.3) is 0 Å². The standard InChI is InChI=1S/C17H16BrN5O2S/c1-22(10-12-2-4-13(18)5-3-12)16(25)11-26-17-19-20-21-23(17)14-6-8-15(24)9-7-14/h2-9,24H,10-11H2,1H3. The topological polar surface area (TPSA) is 84.1 Å².